The summed E-state index contributed by atoms with van der Waals surface area (Å²) in [5.41, 5.74) is -0.673. The predicted molar refractivity (Wildman–Crippen MR) is 64.1 cm³/mol. The molecule has 19 heavy (non-hydrogen) atoms. The van der Waals surface area contributed by atoms with Crippen molar-refractivity contribution in [1.82, 2.24) is 4.98 Å². The molecule has 104 valence electrons. The van der Waals surface area contributed by atoms with E-state index in [1.807, 2.05) is 0 Å². The van der Waals surface area contributed by atoms with Crippen LogP contribution in [0.4, 0.5) is 0 Å². The van der Waals surface area contributed by atoms with Crippen LogP contribution in [0.25, 0.3) is 0 Å². The van der Waals surface area contributed by atoms with Crippen molar-refractivity contribution in [2.75, 3.05) is 0 Å². The van der Waals surface area contributed by atoms with E-state index in [2.05, 4.69) is 4.98 Å². The van der Waals surface area contributed by atoms with Gasteiger partial charge in [-0.3, -0.25) is 14.3 Å². The number of aromatic nitrogens is 1. The first-order valence-electron chi connectivity index (χ1n) is 5.65. The fourth-order valence-electron chi connectivity index (χ4n) is 2.23. The van der Waals surface area contributed by atoms with E-state index in [4.69, 9.17) is 0 Å². The summed E-state index contributed by atoms with van der Waals surface area (Å²) in [5.74, 6) is -4.44. The van der Waals surface area contributed by atoms with E-state index < -0.39 is 30.7 Å². The Labute approximate surface area is 109 Å². The first-order valence-corrected chi connectivity index (χ1v) is 7.33. The van der Waals surface area contributed by atoms with E-state index in [1.54, 1.807) is 12.1 Å². The summed E-state index contributed by atoms with van der Waals surface area (Å²) in [6.07, 6.45) is 2.58. The molecule has 8 heteroatoms. The number of Topliss-reactive ketones (excluding diaryl/α,β-unsaturated/α-hetero) is 1. The van der Waals surface area contributed by atoms with E-state index in [1.165, 1.54) is 12.4 Å². The summed E-state index contributed by atoms with van der Waals surface area (Å²) >= 11 is 0. The fraction of sp³-hybridized carbons (Fsp3) is 0.455. The Kier molecular flexibility index (Phi) is 3.59. The van der Waals surface area contributed by atoms with Gasteiger partial charge in [0.15, 0.2) is 5.78 Å². The highest BCUT2D eigenvalue weighted by Gasteiger charge is 2.57. The second-order valence-electron chi connectivity index (χ2n) is 4.71. The standard InChI is InChI=1S/C11H14NO6P/c13-10-8(5-11(10,14)15)9(19(16,17)18)4-7-2-1-3-12-6-7/h1-3,6,8-9,14-15H,4-5H2,(H2,16,17,18). The second-order valence-corrected chi connectivity index (χ2v) is 6.55. The van der Waals surface area contributed by atoms with Crippen LogP contribution in [0.2, 0.25) is 0 Å². The predicted octanol–water partition coefficient (Wildman–Crippen LogP) is -0.560. The number of nitrogens with zero attached hydrogens (tertiary/aromatic N) is 1. The molecule has 1 saturated carbocycles. The molecule has 1 aromatic rings. The number of carbonyl (C=O) groups excluding carboxylic acids is 1. The van der Waals surface area contributed by atoms with Gasteiger partial charge in [0, 0.05) is 24.7 Å². The number of hydrogen-bond acceptors (Lipinski definition) is 5. The lowest BCUT2D eigenvalue weighted by Crippen LogP contribution is -2.58. The van der Waals surface area contributed by atoms with E-state index in [-0.39, 0.29) is 12.8 Å². The quantitative estimate of drug-likeness (QED) is 0.431. The molecule has 0 spiro atoms. The molecule has 0 aliphatic heterocycles. The van der Waals surface area contributed by atoms with Crippen molar-refractivity contribution >= 4 is 13.4 Å². The monoisotopic (exact) mass is 287 g/mol. The Morgan fingerprint density at radius 3 is 2.58 bits per heavy atom. The topological polar surface area (TPSA) is 128 Å². The molecule has 0 saturated heterocycles. The van der Waals surface area contributed by atoms with Crippen LogP contribution in [0.5, 0.6) is 0 Å². The van der Waals surface area contributed by atoms with Gasteiger partial charge in [-0.15, -0.1) is 0 Å². The largest absolute Gasteiger partial charge is 0.360 e. The maximum absolute atomic E-state index is 11.5. The van der Waals surface area contributed by atoms with Gasteiger partial charge in [0.2, 0.25) is 5.79 Å². The zero-order valence-corrected chi connectivity index (χ0v) is 10.8. The highest BCUT2D eigenvalue weighted by Crippen LogP contribution is 2.52. The fourth-order valence-corrected chi connectivity index (χ4v) is 3.39. The van der Waals surface area contributed by atoms with Crippen molar-refractivity contribution < 1.29 is 29.4 Å². The summed E-state index contributed by atoms with van der Waals surface area (Å²) in [4.78, 5) is 34.0. The van der Waals surface area contributed by atoms with Crippen molar-refractivity contribution in [3.8, 4) is 0 Å². The first-order chi connectivity index (χ1) is 8.72. The molecule has 1 aliphatic carbocycles. The van der Waals surface area contributed by atoms with Gasteiger partial charge in [0.1, 0.15) is 0 Å². The van der Waals surface area contributed by atoms with Gasteiger partial charge in [-0.05, 0) is 18.1 Å². The van der Waals surface area contributed by atoms with Crippen LogP contribution in [0, 0.1) is 5.92 Å². The van der Waals surface area contributed by atoms with Crippen LogP contribution >= 0.6 is 7.60 Å². The molecule has 1 aliphatic rings. The average Bonchev–Trinajstić information content (AvgIpc) is 2.33. The highest BCUT2D eigenvalue weighted by atomic mass is 31.2. The first kappa shape index (κ1) is 14.3. The number of ketones is 1. The van der Waals surface area contributed by atoms with Crippen LogP contribution in [0.15, 0.2) is 24.5 Å². The molecule has 2 atom stereocenters. The number of rotatable bonds is 4. The molecule has 0 aromatic carbocycles. The lowest BCUT2D eigenvalue weighted by Gasteiger charge is -2.41. The minimum atomic E-state index is -4.53. The molecule has 0 radical (unpaired) electrons. The average molecular weight is 287 g/mol. The molecule has 2 rings (SSSR count). The zero-order valence-electron chi connectivity index (χ0n) is 9.88. The lowest BCUT2D eigenvalue weighted by atomic mass is 9.74. The normalized spacial score (nSPS) is 23.8. The van der Waals surface area contributed by atoms with Crippen molar-refractivity contribution in [3.05, 3.63) is 30.1 Å². The van der Waals surface area contributed by atoms with Crippen molar-refractivity contribution in [2.24, 2.45) is 5.92 Å². The van der Waals surface area contributed by atoms with Crippen molar-refractivity contribution in [1.29, 1.82) is 0 Å². The van der Waals surface area contributed by atoms with E-state index in [9.17, 15) is 29.4 Å². The second kappa shape index (κ2) is 4.77. The Bertz CT molecular complexity index is 525. The van der Waals surface area contributed by atoms with Gasteiger partial charge in [-0.1, -0.05) is 6.07 Å². The van der Waals surface area contributed by atoms with Crippen molar-refractivity contribution in [3.63, 3.8) is 0 Å². The van der Waals surface area contributed by atoms with Crippen LogP contribution in [0.3, 0.4) is 0 Å². The van der Waals surface area contributed by atoms with Gasteiger partial charge in [-0.25, -0.2) is 0 Å². The van der Waals surface area contributed by atoms with Crippen LogP contribution in [0.1, 0.15) is 12.0 Å². The van der Waals surface area contributed by atoms with Gasteiger partial charge >= 0.3 is 7.60 Å². The van der Waals surface area contributed by atoms with E-state index in [0.29, 0.717) is 5.56 Å². The number of hydrogen-bond donors (Lipinski definition) is 4. The molecule has 2 unspecified atom stereocenters. The summed E-state index contributed by atoms with van der Waals surface area (Å²) in [7, 11) is -4.53. The summed E-state index contributed by atoms with van der Waals surface area (Å²) in [5, 5.41) is 18.3. The molecule has 1 fully saturated rings. The Morgan fingerprint density at radius 1 is 1.47 bits per heavy atom. The lowest BCUT2D eigenvalue weighted by molar-refractivity contribution is -0.219. The van der Waals surface area contributed by atoms with Crippen LogP contribution in [-0.2, 0) is 15.8 Å². The zero-order chi connectivity index (χ0) is 14.3. The maximum atomic E-state index is 11.5. The maximum Gasteiger partial charge on any atom is 0.329 e. The SMILES string of the molecule is O=C1C(C(Cc2cccnc2)P(=O)(O)O)CC1(O)O. The van der Waals surface area contributed by atoms with Gasteiger partial charge in [0.25, 0.3) is 0 Å². The third kappa shape index (κ3) is 2.91. The number of pyridine rings is 1. The van der Waals surface area contributed by atoms with E-state index in [0.717, 1.165) is 0 Å². The minimum absolute atomic E-state index is 0.0371. The molecule has 1 heterocycles. The molecular weight excluding hydrogens is 273 g/mol. The number of aliphatic hydroxyl groups is 2. The highest BCUT2D eigenvalue weighted by molar-refractivity contribution is 7.52. The summed E-state index contributed by atoms with van der Waals surface area (Å²) in [6, 6.07) is 3.26. The van der Waals surface area contributed by atoms with Crippen LogP contribution in [-0.4, -0.2) is 42.2 Å². The molecular formula is C11H14NO6P. The van der Waals surface area contributed by atoms with Gasteiger partial charge in [-0.2, -0.15) is 0 Å². The smallest absolute Gasteiger partial charge is 0.329 e. The van der Waals surface area contributed by atoms with E-state index >= 15 is 0 Å². The number of carbonyl (C=O) groups is 1. The van der Waals surface area contributed by atoms with Gasteiger partial charge in [0.05, 0.1) is 5.66 Å². The van der Waals surface area contributed by atoms with Crippen LogP contribution < -0.4 is 0 Å². The van der Waals surface area contributed by atoms with Crippen molar-refractivity contribution in [2.45, 2.75) is 24.3 Å². The summed E-state index contributed by atoms with van der Waals surface area (Å²) < 4.78 is 11.5. The molecule has 4 N–H and O–H groups in total. The Balaban J connectivity index is 2.20. The third-order valence-electron chi connectivity index (χ3n) is 3.30. The Morgan fingerprint density at radius 2 is 2.16 bits per heavy atom. The molecule has 1 aromatic heterocycles. The summed E-state index contributed by atoms with van der Waals surface area (Å²) in [6.45, 7) is 0. The minimum Gasteiger partial charge on any atom is -0.360 e. The molecule has 0 amide bonds. The Hall–Kier alpha value is -1.11. The molecule has 7 nitrogen and oxygen atoms in total. The molecule has 0 bridgehead atoms. The third-order valence-corrected chi connectivity index (χ3v) is 4.71. The van der Waals surface area contributed by atoms with Gasteiger partial charge < -0.3 is 20.0 Å².